The fourth-order valence-corrected chi connectivity index (χ4v) is 4.32. The van der Waals surface area contributed by atoms with Crippen LogP contribution in [0.5, 0.6) is 0 Å². The summed E-state index contributed by atoms with van der Waals surface area (Å²) in [5.74, 6) is -0.389. The van der Waals surface area contributed by atoms with Crippen LogP contribution in [0.2, 0.25) is 5.02 Å². The van der Waals surface area contributed by atoms with E-state index in [9.17, 15) is 9.65 Å². The quantitative estimate of drug-likeness (QED) is 0.270. The molecular weight excluding hydrogens is 478 g/mol. The van der Waals surface area contributed by atoms with Gasteiger partial charge in [-0.1, -0.05) is 28.9 Å². The number of nitrogens with zero attached hydrogens (tertiary/aromatic N) is 6. The molecule has 2 heterocycles. The zero-order valence-electron chi connectivity index (χ0n) is 19.0. The van der Waals surface area contributed by atoms with Crippen molar-refractivity contribution in [2.24, 2.45) is 0 Å². The molecule has 2 N–H and O–H groups in total. The molecule has 1 atom stereocenters. The van der Waals surface area contributed by atoms with E-state index in [1.165, 1.54) is 18.3 Å². The van der Waals surface area contributed by atoms with Crippen molar-refractivity contribution in [2.45, 2.75) is 30.7 Å². The summed E-state index contributed by atoms with van der Waals surface area (Å²) in [5.41, 5.74) is 1.51. The van der Waals surface area contributed by atoms with Gasteiger partial charge >= 0.3 is 0 Å². The minimum absolute atomic E-state index is 0.257. The van der Waals surface area contributed by atoms with Crippen LogP contribution in [0.15, 0.2) is 48.8 Å². The average Bonchev–Trinajstić information content (AvgIpc) is 3.60. The molecule has 1 saturated carbocycles. The molecule has 11 heteroatoms. The summed E-state index contributed by atoms with van der Waals surface area (Å²) in [6.07, 6.45) is 5.55. The minimum Gasteiger partial charge on any atom is -0.382 e. The summed E-state index contributed by atoms with van der Waals surface area (Å²) in [5, 5.41) is 34.5. The average molecular weight is 497 g/mol. The molecule has 0 amide bonds. The minimum atomic E-state index is -1.37. The van der Waals surface area contributed by atoms with Gasteiger partial charge in [0, 0.05) is 23.8 Å². The maximum absolute atomic E-state index is 13.7. The number of hydrogen-bond donors (Lipinski definition) is 2. The maximum Gasteiger partial charge on any atom is 0.123 e. The molecule has 36 heavy (non-hydrogen) atoms. The molecule has 0 aliphatic heterocycles. The Bertz CT molecular complexity index is 1520. The van der Waals surface area contributed by atoms with E-state index in [1.807, 2.05) is 0 Å². The Labute approximate surface area is 213 Å². The summed E-state index contributed by atoms with van der Waals surface area (Å²) < 4.78 is 15.5. The highest BCUT2D eigenvalue weighted by Gasteiger charge is 2.34. The van der Waals surface area contributed by atoms with Gasteiger partial charge in [-0.25, -0.2) is 9.07 Å². The largest absolute Gasteiger partial charge is 0.382 e. The Morgan fingerprint density at radius 2 is 2.00 bits per heavy atom. The number of pyridine rings is 1. The highest BCUT2D eigenvalue weighted by atomic mass is 35.5. The zero-order valence-corrected chi connectivity index (χ0v) is 19.8. The van der Waals surface area contributed by atoms with E-state index in [1.54, 1.807) is 35.1 Å². The van der Waals surface area contributed by atoms with E-state index in [2.05, 4.69) is 38.1 Å². The summed E-state index contributed by atoms with van der Waals surface area (Å²) in [6, 6.07) is 13.8. The first-order valence-electron chi connectivity index (χ1n) is 11.3. The van der Waals surface area contributed by atoms with E-state index in [4.69, 9.17) is 24.7 Å². The molecule has 0 bridgehead atoms. The van der Waals surface area contributed by atoms with Gasteiger partial charge in [-0.05, 0) is 42.7 Å². The smallest absolute Gasteiger partial charge is 0.123 e. The van der Waals surface area contributed by atoms with Crippen LogP contribution in [0, 0.1) is 28.5 Å². The molecule has 8 nitrogen and oxygen atoms in total. The summed E-state index contributed by atoms with van der Waals surface area (Å²) in [6.45, 7) is 0.347. The number of anilines is 2. The predicted molar refractivity (Wildman–Crippen MR) is 135 cm³/mol. The van der Waals surface area contributed by atoms with Crippen molar-refractivity contribution < 1.29 is 4.39 Å². The van der Waals surface area contributed by atoms with E-state index >= 15 is 0 Å². The molecule has 0 spiro atoms. The van der Waals surface area contributed by atoms with Gasteiger partial charge in [0.1, 0.15) is 25.4 Å². The predicted octanol–water partition coefficient (Wildman–Crippen LogP) is 4.63. The van der Waals surface area contributed by atoms with Crippen LogP contribution < -0.4 is 10.6 Å². The van der Waals surface area contributed by atoms with Crippen molar-refractivity contribution in [3.05, 3.63) is 76.5 Å². The Morgan fingerprint density at radius 3 is 2.69 bits per heavy atom. The second kappa shape index (κ2) is 9.48. The lowest BCUT2D eigenvalue weighted by atomic mass is 9.69. The van der Waals surface area contributed by atoms with Crippen LogP contribution in [0.4, 0.5) is 15.8 Å². The molecule has 2 aromatic carbocycles. The second-order valence-electron chi connectivity index (χ2n) is 8.60. The first-order valence-corrected chi connectivity index (χ1v) is 11.7. The molecule has 176 valence electrons. The van der Waals surface area contributed by atoms with Crippen LogP contribution in [-0.4, -0.2) is 34.4 Å². The Kier molecular flexibility index (Phi) is 6.21. The molecular formula is C25H19BClFN8. The van der Waals surface area contributed by atoms with Gasteiger partial charge in [0.05, 0.1) is 52.0 Å². The molecule has 1 aliphatic rings. The normalized spacial score (nSPS) is 14.6. The SMILES string of the molecule is [B]C(Nc1cc(Cl)c2ncc(C#N)c(NCCC#N)c2c1)(c1ccc(F)cc1)c1cn(C2CC2)nn1. The zero-order chi connectivity index (χ0) is 25.3. The van der Waals surface area contributed by atoms with Gasteiger partial charge < -0.3 is 10.6 Å². The molecule has 5 rings (SSSR count). The number of aromatic nitrogens is 4. The van der Waals surface area contributed by atoms with Gasteiger partial charge in [-0.15, -0.1) is 5.10 Å². The van der Waals surface area contributed by atoms with Crippen molar-refractivity contribution in [1.29, 1.82) is 10.5 Å². The molecule has 0 saturated heterocycles. The highest BCUT2D eigenvalue weighted by molar-refractivity contribution is 6.36. The van der Waals surface area contributed by atoms with Crippen molar-refractivity contribution in [3.8, 4) is 12.1 Å². The number of fused-ring (bicyclic) bond motifs is 1. The number of nitrogens with one attached hydrogen (secondary N) is 2. The summed E-state index contributed by atoms with van der Waals surface area (Å²) >= 11 is 6.60. The van der Waals surface area contributed by atoms with Gasteiger partial charge in [-0.2, -0.15) is 10.5 Å². The van der Waals surface area contributed by atoms with E-state index in [0.717, 1.165) is 12.8 Å². The third-order valence-electron chi connectivity index (χ3n) is 6.06. The van der Waals surface area contributed by atoms with Gasteiger partial charge in [0.25, 0.3) is 0 Å². The summed E-state index contributed by atoms with van der Waals surface area (Å²) in [4.78, 5) is 4.35. The highest BCUT2D eigenvalue weighted by Crippen LogP contribution is 2.38. The van der Waals surface area contributed by atoms with Crippen LogP contribution in [-0.2, 0) is 5.44 Å². The monoisotopic (exact) mass is 496 g/mol. The van der Waals surface area contributed by atoms with Gasteiger partial charge in [-0.3, -0.25) is 4.98 Å². The van der Waals surface area contributed by atoms with E-state index < -0.39 is 5.44 Å². The maximum atomic E-state index is 13.7. The number of nitriles is 2. The van der Waals surface area contributed by atoms with E-state index in [-0.39, 0.29) is 12.2 Å². The van der Waals surface area contributed by atoms with E-state index in [0.29, 0.717) is 56.7 Å². The Hall–Kier alpha value is -4.15. The Balaban J connectivity index is 1.62. The summed E-state index contributed by atoms with van der Waals surface area (Å²) in [7, 11) is 6.93. The van der Waals surface area contributed by atoms with Crippen LogP contribution in [0.1, 0.15) is 42.1 Å². The van der Waals surface area contributed by atoms with Crippen molar-refractivity contribution in [3.63, 3.8) is 0 Å². The lowest BCUT2D eigenvalue weighted by Crippen LogP contribution is -2.37. The van der Waals surface area contributed by atoms with Crippen LogP contribution >= 0.6 is 11.6 Å². The van der Waals surface area contributed by atoms with Crippen LogP contribution in [0.25, 0.3) is 10.9 Å². The lowest BCUT2D eigenvalue weighted by molar-refractivity contribution is 0.610. The Morgan fingerprint density at radius 1 is 1.22 bits per heavy atom. The lowest BCUT2D eigenvalue weighted by Gasteiger charge is -2.32. The fourth-order valence-electron chi connectivity index (χ4n) is 4.05. The first kappa shape index (κ1) is 23.6. The van der Waals surface area contributed by atoms with Crippen molar-refractivity contribution in [2.75, 3.05) is 17.2 Å². The molecule has 2 aromatic heterocycles. The topological polar surface area (TPSA) is 115 Å². The van der Waals surface area contributed by atoms with Crippen molar-refractivity contribution >= 4 is 41.7 Å². The standard InChI is InChI=1S/C25H19BClFN8/c26-25(16-2-4-17(28)5-3-16,22-14-36(35-34-22)19-6-7-19)33-18-10-20-23(31-9-1-8-29)15(12-30)13-32-24(20)21(27)11-18/h2-5,10-11,13-14,19,33H,1,6-7,9H2,(H,31,32). The van der Waals surface area contributed by atoms with Gasteiger partial charge in [0.2, 0.25) is 0 Å². The number of rotatable bonds is 8. The fraction of sp³-hybridized carbons (Fsp3) is 0.240. The number of halogens is 2. The third-order valence-corrected chi connectivity index (χ3v) is 6.35. The number of benzene rings is 2. The molecule has 2 radical (unpaired) electrons. The second-order valence-corrected chi connectivity index (χ2v) is 9.01. The van der Waals surface area contributed by atoms with Crippen molar-refractivity contribution in [1.82, 2.24) is 20.0 Å². The van der Waals surface area contributed by atoms with Gasteiger partial charge in [0.15, 0.2) is 0 Å². The molecule has 4 aromatic rings. The molecule has 1 fully saturated rings. The third kappa shape index (κ3) is 4.44. The molecule has 1 aliphatic carbocycles. The number of hydrogen-bond acceptors (Lipinski definition) is 7. The van der Waals surface area contributed by atoms with Crippen LogP contribution in [0.3, 0.4) is 0 Å². The first-order chi connectivity index (χ1) is 17.4. The molecule has 1 unspecified atom stereocenters.